The van der Waals surface area contributed by atoms with E-state index in [9.17, 15) is 41.5 Å². The Balaban J connectivity index is 1.38. The first-order chi connectivity index (χ1) is 16.8. The van der Waals surface area contributed by atoms with Crippen molar-refractivity contribution in [2.45, 2.75) is 81.0 Å². The second kappa shape index (κ2) is 9.60. The van der Waals surface area contributed by atoms with Gasteiger partial charge >= 0.3 is 18.2 Å². The molecule has 2 bridgehead atoms. The van der Waals surface area contributed by atoms with Gasteiger partial charge in [0.1, 0.15) is 18.3 Å². The lowest BCUT2D eigenvalue weighted by atomic mass is 9.47. The van der Waals surface area contributed by atoms with Crippen LogP contribution in [0.1, 0.15) is 51.4 Å². The third-order valence-corrected chi connectivity index (χ3v) is 7.20. The SMILES string of the molecule is O=C(N[C@@H](CC1CC1)C(=O)N[C@@H](CC1CCNC1=O)C(=O)COC(F)(F)F)C(=O)NC12CC(F)(C1)C2. The molecule has 0 radical (unpaired) electrons. The lowest BCUT2D eigenvalue weighted by Gasteiger charge is -2.65. The molecule has 4 aliphatic carbocycles. The first kappa shape index (κ1) is 26.3. The number of carbonyl (C=O) groups is 5. The zero-order chi connectivity index (χ0) is 26.3. The van der Waals surface area contributed by atoms with Gasteiger partial charge in [-0.25, -0.2) is 4.39 Å². The van der Waals surface area contributed by atoms with Crippen LogP contribution in [0.25, 0.3) is 0 Å². The van der Waals surface area contributed by atoms with Crippen molar-refractivity contribution in [1.29, 1.82) is 0 Å². The minimum Gasteiger partial charge on any atom is -0.356 e. The normalized spacial score (nSPS) is 30.2. The summed E-state index contributed by atoms with van der Waals surface area (Å²) in [5.41, 5.74) is -2.03. The van der Waals surface area contributed by atoms with Crippen molar-refractivity contribution in [3.05, 3.63) is 0 Å². The maximum atomic E-state index is 13.7. The molecule has 5 rings (SSSR count). The second-order valence-electron chi connectivity index (χ2n) is 10.4. The van der Waals surface area contributed by atoms with Crippen LogP contribution < -0.4 is 21.3 Å². The van der Waals surface area contributed by atoms with E-state index >= 15 is 0 Å². The van der Waals surface area contributed by atoms with Crippen LogP contribution in [-0.2, 0) is 28.7 Å². The molecule has 1 aliphatic heterocycles. The summed E-state index contributed by atoms with van der Waals surface area (Å²) in [5, 5.41) is 9.73. The molecule has 36 heavy (non-hydrogen) atoms. The van der Waals surface area contributed by atoms with Crippen LogP contribution in [0, 0.1) is 11.8 Å². The van der Waals surface area contributed by atoms with Crippen molar-refractivity contribution in [2.24, 2.45) is 11.8 Å². The quantitative estimate of drug-likeness (QED) is 0.226. The van der Waals surface area contributed by atoms with Crippen molar-refractivity contribution < 1.29 is 46.3 Å². The molecule has 3 atom stereocenters. The van der Waals surface area contributed by atoms with E-state index in [2.05, 4.69) is 26.0 Å². The number of hydrogen-bond acceptors (Lipinski definition) is 6. The Morgan fingerprint density at radius 2 is 1.67 bits per heavy atom. The van der Waals surface area contributed by atoms with Crippen LogP contribution in [0.15, 0.2) is 0 Å². The van der Waals surface area contributed by atoms with E-state index in [0.717, 1.165) is 12.8 Å². The highest BCUT2D eigenvalue weighted by molar-refractivity contribution is 6.35. The fraction of sp³-hybridized carbons (Fsp3) is 0.773. The molecule has 4 saturated carbocycles. The predicted molar refractivity (Wildman–Crippen MR) is 113 cm³/mol. The van der Waals surface area contributed by atoms with Gasteiger partial charge in [-0.2, -0.15) is 0 Å². The van der Waals surface area contributed by atoms with Crippen LogP contribution in [0.4, 0.5) is 17.6 Å². The van der Waals surface area contributed by atoms with Crippen molar-refractivity contribution in [3.63, 3.8) is 0 Å². The third-order valence-electron chi connectivity index (χ3n) is 7.20. The van der Waals surface area contributed by atoms with E-state index in [0.29, 0.717) is 13.0 Å². The summed E-state index contributed by atoms with van der Waals surface area (Å²) >= 11 is 0. The highest BCUT2D eigenvalue weighted by Gasteiger charge is 2.70. The number of rotatable bonds is 11. The number of halogens is 4. The second-order valence-corrected chi connectivity index (χ2v) is 10.4. The molecule has 1 unspecified atom stereocenters. The van der Waals surface area contributed by atoms with Crippen molar-refractivity contribution in [1.82, 2.24) is 21.3 Å². The van der Waals surface area contributed by atoms with Gasteiger partial charge in [0.2, 0.25) is 11.8 Å². The Labute approximate surface area is 203 Å². The third kappa shape index (κ3) is 6.31. The summed E-state index contributed by atoms with van der Waals surface area (Å²) < 4.78 is 54.6. The predicted octanol–water partition coefficient (Wildman–Crippen LogP) is 0.149. The minimum atomic E-state index is -5.06. The van der Waals surface area contributed by atoms with Crippen LogP contribution in [0.2, 0.25) is 0 Å². The summed E-state index contributed by atoms with van der Waals surface area (Å²) in [4.78, 5) is 62.2. The van der Waals surface area contributed by atoms with Crippen molar-refractivity contribution >= 4 is 29.4 Å². The Hall–Kier alpha value is -2.77. The summed E-state index contributed by atoms with van der Waals surface area (Å²) in [5.74, 6) is -5.05. The van der Waals surface area contributed by atoms with Crippen LogP contribution in [0.5, 0.6) is 0 Å². The fourth-order valence-electron chi connectivity index (χ4n) is 5.19. The van der Waals surface area contributed by atoms with Gasteiger partial charge < -0.3 is 21.3 Å². The number of Topliss-reactive ketones (excluding diaryl/α,β-unsaturated/α-hetero) is 1. The standard InChI is InChI=1S/C22H28F4N4O6/c23-20-8-21(9-20,10-20)30-19(35)18(34)29-14(5-11-1-2-11)17(33)28-13(6-12-3-4-27-16(12)32)15(31)7-36-22(24,25)26/h11-14H,1-10H2,(H,27,32)(H,28,33)(H,29,34)(H,30,35)/t12?,13-,14-,20?,21?/m0/s1. The number of nitrogens with one attached hydrogen (secondary N) is 4. The van der Waals surface area contributed by atoms with Gasteiger partial charge in [0.15, 0.2) is 5.78 Å². The monoisotopic (exact) mass is 520 g/mol. The molecule has 0 aromatic rings. The summed E-state index contributed by atoms with van der Waals surface area (Å²) in [6, 6.07) is -2.70. The molecule has 5 fully saturated rings. The smallest absolute Gasteiger partial charge is 0.356 e. The van der Waals surface area contributed by atoms with Gasteiger partial charge in [-0.1, -0.05) is 12.8 Å². The maximum Gasteiger partial charge on any atom is 0.522 e. The van der Waals surface area contributed by atoms with Gasteiger partial charge in [-0.3, -0.25) is 28.7 Å². The van der Waals surface area contributed by atoms with E-state index in [1.54, 1.807) is 0 Å². The number of ketones is 1. The summed E-state index contributed by atoms with van der Waals surface area (Å²) in [7, 11) is 0. The van der Waals surface area contributed by atoms with E-state index in [1.165, 1.54) is 0 Å². The Bertz CT molecular complexity index is 934. The highest BCUT2D eigenvalue weighted by atomic mass is 19.4. The zero-order valence-electron chi connectivity index (χ0n) is 19.3. The Morgan fingerprint density at radius 1 is 1.00 bits per heavy atom. The molecule has 4 amide bonds. The zero-order valence-corrected chi connectivity index (χ0v) is 19.3. The van der Waals surface area contributed by atoms with Crippen molar-refractivity contribution in [2.75, 3.05) is 13.2 Å². The van der Waals surface area contributed by atoms with Gasteiger partial charge in [-0.15, -0.1) is 13.2 Å². The van der Waals surface area contributed by atoms with E-state index < -0.39 is 65.7 Å². The van der Waals surface area contributed by atoms with Crippen LogP contribution in [0.3, 0.4) is 0 Å². The van der Waals surface area contributed by atoms with Gasteiger partial charge in [0.25, 0.3) is 0 Å². The Kier molecular flexibility index (Phi) is 7.01. The molecule has 5 aliphatic rings. The number of ether oxygens (including phenoxy) is 1. The molecule has 1 saturated heterocycles. The molecular formula is C22H28F4N4O6. The average molecular weight is 520 g/mol. The van der Waals surface area contributed by atoms with Gasteiger partial charge in [0.05, 0.1) is 6.04 Å². The van der Waals surface area contributed by atoms with E-state index in [-0.39, 0.29) is 43.9 Å². The van der Waals surface area contributed by atoms with Crippen LogP contribution in [-0.4, -0.2) is 72.2 Å². The number of carbonyl (C=O) groups excluding carboxylic acids is 5. The number of alkyl halides is 4. The van der Waals surface area contributed by atoms with Gasteiger partial charge in [-0.05, 0) is 25.2 Å². The van der Waals surface area contributed by atoms with Crippen molar-refractivity contribution in [3.8, 4) is 0 Å². The molecule has 10 nitrogen and oxygen atoms in total. The summed E-state index contributed by atoms with van der Waals surface area (Å²) in [6.45, 7) is -1.03. The highest BCUT2D eigenvalue weighted by Crippen LogP contribution is 2.62. The topological polar surface area (TPSA) is 143 Å². The minimum absolute atomic E-state index is 0.0939. The maximum absolute atomic E-state index is 13.7. The largest absolute Gasteiger partial charge is 0.522 e. The lowest BCUT2D eigenvalue weighted by molar-refractivity contribution is -0.321. The average Bonchev–Trinajstić information content (AvgIpc) is 3.48. The molecular weight excluding hydrogens is 492 g/mol. The Morgan fingerprint density at radius 3 is 2.19 bits per heavy atom. The lowest BCUT2D eigenvalue weighted by Crippen LogP contribution is -2.77. The molecule has 0 aromatic carbocycles. The molecule has 0 spiro atoms. The van der Waals surface area contributed by atoms with Gasteiger partial charge in [0, 0.05) is 37.3 Å². The number of hydrogen-bond donors (Lipinski definition) is 4. The molecule has 1 heterocycles. The molecule has 14 heteroatoms. The molecule has 0 aromatic heterocycles. The molecule has 200 valence electrons. The summed E-state index contributed by atoms with van der Waals surface area (Å²) in [6.07, 6.45) is -2.84. The molecule has 4 N–H and O–H groups in total. The van der Waals surface area contributed by atoms with E-state index in [1.807, 2.05) is 0 Å². The van der Waals surface area contributed by atoms with Crippen LogP contribution >= 0.6 is 0 Å². The first-order valence-corrected chi connectivity index (χ1v) is 11.9. The first-order valence-electron chi connectivity index (χ1n) is 11.9. The number of amides is 4. The van der Waals surface area contributed by atoms with E-state index in [4.69, 9.17) is 0 Å². The fourth-order valence-corrected chi connectivity index (χ4v) is 5.19.